The van der Waals surface area contributed by atoms with E-state index in [9.17, 15) is 14.7 Å². The van der Waals surface area contributed by atoms with Crippen LogP contribution in [0.2, 0.25) is 0 Å². The largest absolute Gasteiger partial charge is 0.479 e. The van der Waals surface area contributed by atoms with E-state index in [0.29, 0.717) is 17.0 Å². The van der Waals surface area contributed by atoms with Gasteiger partial charge in [0.25, 0.3) is 0 Å². The molecule has 0 aliphatic heterocycles. The van der Waals surface area contributed by atoms with E-state index in [1.807, 2.05) is 0 Å². The first-order chi connectivity index (χ1) is 9.49. The van der Waals surface area contributed by atoms with Crippen molar-refractivity contribution in [3.05, 3.63) is 12.7 Å². The predicted molar refractivity (Wildman–Crippen MR) is 67.9 cm³/mol. The summed E-state index contributed by atoms with van der Waals surface area (Å²) in [6.07, 6.45) is 1.32. The molecule has 0 radical (unpaired) electrons. The Morgan fingerprint density at radius 1 is 1.40 bits per heavy atom. The van der Waals surface area contributed by atoms with Gasteiger partial charge in [-0.3, -0.25) is 4.79 Å². The molecule has 1 unspecified atom stereocenters. The lowest BCUT2D eigenvalue weighted by molar-refractivity contribution is -0.147. The number of nitrogens with zero attached hydrogens (tertiary/aromatic N) is 4. The van der Waals surface area contributed by atoms with E-state index in [0.717, 1.165) is 0 Å². The zero-order chi connectivity index (χ0) is 14.7. The van der Waals surface area contributed by atoms with E-state index in [1.165, 1.54) is 19.6 Å². The van der Waals surface area contributed by atoms with E-state index < -0.39 is 12.1 Å². The highest BCUT2D eigenvalue weighted by Gasteiger charge is 2.15. The number of carboxylic acids is 1. The fourth-order valence-electron chi connectivity index (χ4n) is 1.69. The second kappa shape index (κ2) is 5.61. The van der Waals surface area contributed by atoms with Crippen molar-refractivity contribution >= 4 is 28.9 Å². The van der Waals surface area contributed by atoms with Gasteiger partial charge in [-0.25, -0.2) is 19.7 Å². The van der Waals surface area contributed by atoms with Gasteiger partial charge in [0.05, 0.1) is 6.33 Å². The molecule has 20 heavy (non-hydrogen) atoms. The molecule has 2 aromatic heterocycles. The molecule has 0 bridgehead atoms. The van der Waals surface area contributed by atoms with E-state index >= 15 is 0 Å². The van der Waals surface area contributed by atoms with Gasteiger partial charge in [-0.05, 0) is 0 Å². The molecule has 0 aliphatic rings. The molecule has 1 amide bonds. The van der Waals surface area contributed by atoms with Crippen LogP contribution in [-0.4, -0.2) is 47.7 Å². The molecule has 0 aromatic carbocycles. The average molecular weight is 279 g/mol. The topological polar surface area (TPSA) is 130 Å². The molecular formula is C11H13N5O4. The fraction of sp³-hybridized carbons (Fsp3) is 0.364. The Hall–Kier alpha value is -2.55. The number of imidazole rings is 1. The van der Waals surface area contributed by atoms with Crippen molar-refractivity contribution < 1.29 is 19.8 Å². The van der Waals surface area contributed by atoms with Crippen LogP contribution in [0, 0.1) is 0 Å². The van der Waals surface area contributed by atoms with Crippen molar-refractivity contribution in [2.45, 2.75) is 26.0 Å². The highest BCUT2D eigenvalue weighted by atomic mass is 16.4. The van der Waals surface area contributed by atoms with Crippen molar-refractivity contribution in [3.8, 4) is 0 Å². The summed E-state index contributed by atoms with van der Waals surface area (Å²) in [5.41, 5.74) is 0.869. The molecule has 2 heterocycles. The number of aromatic nitrogens is 4. The number of carboxylic acid groups (broad SMARTS) is 1. The summed E-state index contributed by atoms with van der Waals surface area (Å²) in [6, 6.07) is 0. The Bertz CT molecular complexity index is 653. The van der Waals surface area contributed by atoms with Crippen LogP contribution in [0.5, 0.6) is 0 Å². The molecule has 3 N–H and O–H groups in total. The summed E-state index contributed by atoms with van der Waals surface area (Å²) in [6.45, 7) is 1.59. The number of rotatable bonds is 5. The Labute approximate surface area is 113 Å². The predicted octanol–water partition coefficient (Wildman–Crippen LogP) is -0.380. The summed E-state index contributed by atoms with van der Waals surface area (Å²) < 4.78 is 1.59. The van der Waals surface area contributed by atoms with Crippen molar-refractivity contribution in [3.63, 3.8) is 0 Å². The van der Waals surface area contributed by atoms with Crippen LogP contribution in [0.25, 0.3) is 11.2 Å². The molecule has 0 aliphatic carbocycles. The smallest absolute Gasteiger partial charge is 0.332 e. The zero-order valence-corrected chi connectivity index (χ0v) is 10.6. The molecule has 2 aromatic rings. The van der Waals surface area contributed by atoms with Crippen molar-refractivity contribution in [1.29, 1.82) is 0 Å². The van der Waals surface area contributed by atoms with Crippen LogP contribution >= 0.6 is 0 Å². The van der Waals surface area contributed by atoms with Gasteiger partial charge in [-0.2, -0.15) is 0 Å². The normalized spacial score (nSPS) is 12.3. The number of nitrogens with one attached hydrogen (secondary N) is 1. The van der Waals surface area contributed by atoms with Gasteiger partial charge in [-0.1, -0.05) is 0 Å². The van der Waals surface area contributed by atoms with Gasteiger partial charge in [0, 0.05) is 19.9 Å². The van der Waals surface area contributed by atoms with Gasteiger partial charge >= 0.3 is 5.97 Å². The molecule has 0 saturated carbocycles. The SMILES string of the molecule is CC(=O)Nc1ncnc2c1ncn2CCC(O)C(=O)O. The number of amides is 1. The van der Waals surface area contributed by atoms with Gasteiger partial charge in [-0.15, -0.1) is 0 Å². The average Bonchev–Trinajstić information content (AvgIpc) is 2.79. The van der Waals surface area contributed by atoms with E-state index in [4.69, 9.17) is 5.11 Å². The van der Waals surface area contributed by atoms with E-state index in [1.54, 1.807) is 4.57 Å². The van der Waals surface area contributed by atoms with Crippen LogP contribution in [0.1, 0.15) is 13.3 Å². The first-order valence-electron chi connectivity index (χ1n) is 5.83. The number of anilines is 1. The maximum Gasteiger partial charge on any atom is 0.332 e. The molecule has 9 nitrogen and oxygen atoms in total. The third kappa shape index (κ3) is 2.88. The molecular weight excluding hydrogens is 266 g/mol. The van der Waals surface area contributed by atoms with Crippen molar-refractivity contribution in [1.82, 2.24) is 19.5 Å². The zero-order valence-electron chi connectivity index (χ0n) is 10.6. The molecule has 0 saturated heterocycles. The Kier molecular flexibility index (Phi) is 3.89. The van der Waals surface area contributed by atoms with Gasteiger partial charge in [0.15, 0.2) is 23.1 Å². The first-order valence-corrected chi connectivity index (χ1v) is 5.83. The Morgan fingerprint density at radius 2 is 2.15 bits per heavy atom. The highest BCUT2D eigenvalue weighted by molar-refractivity contribution is 5.95. The third-order valence-electron chi connectivity index (χ3n) is 2.62. The maximum atomic E-state index is 11.0. The van der Waals surface area contributed by atoms with Gasteiger partial charge in [0.2, 0.25) is 5.91 Å². The maximum absolute atomic E-state index is 11.0. The van der Waals surface area contributed by atoms with Gasteiger partial charge < -0.3 is 20.1 Å². The lowest BCUT2D eigenvalue weighted by atomic mass is 10.2. The Morgan fingerprint density at radius 3 is 2.80 bits per heavy atom. The number of aliphatic carboxylic acids is 1. The van der Waals surface area contributed by atoms with Crippen LogP contribution in [-0.2, 0) is 16.1 Å². The number of hydrogen-bond acceptors (Lipinski definition) is 6. The minimum atomic E-state index is -1.44. The minimum absolute atomic E-state index is 0.0280. The second-order valence-electron chi connectivity index (χ2n) is 4.16. The molecule has 9 heteroatoms. The molecule has 106 valence electrons. The second-order valence-corrected chi connectivity index (χ2v) is 4.16. The van der Waals surface area contributed by atoms with E-state index in [-0.39, 0.29) is 18.9 Å². The standard InChI is InChI=1S/C11H13N5O4/c1-6(17)15-9-8-10(13-4-12-9)16(5-14-8)3-2-7(18)11(19)20/h4-5,7,18H,2-3H2,1H3,(H,19,20)(H,12,13,15,17). The van der Waals surface area contributed by atoms with Crippen LogP contribution < -0.4 is 5.32 Å². The van der Waals surface area contributed by atoms with Crippen molar-refractivity contribution in [2.75, 3.05) is 5.32 Å². The van der Waals surface area contributed by atoms with Crippen LogP contribution in [0.3, 0.4) is 0 Å². The summed E-state index contributed by atoms with van der Waals surface area (Å²) in [5.74, 6) is -1.26. The third-order valence-corrected chi connectivity index (χ3v) is 2.62. The van der Waals surface area contributed by atoms with E-state index in [2.05, 4.69) is 20.3 Å². The summed E-state index contributed by atoms with van der Waals surface area (Å²) >= 11 is 0. The van der Waals surface area contributed by atoms with Crippen molar-refractivity contribution in [2.24, 2.45) is 0 Å². The quantitative estimate of drug-likeness (QED) is 0.680. The number of aliphatic hydroxyl groups excluding tert-OH is 1. The summed E-state index contributed by atoms with van der Waals surface area (Å²) in [5, 5.41) is 20.4. The number of carbonyl (C=O) groups excluding carboxylic acids is 1. The summed E-state index contributed by atoms with van der Waals surface area (Å²) in [7, 11) is 0. The highest BCUT2D eigenvalue weighted by Crippen LogP contribution is 2.17. The number of aliphatic hydroxyl groups is 1. The molecule has 0 spiro atoms. The molecule has 1 atom stereocenters. The molecule has 2 rings (SSSR count). The number of fused-ring (bicyclic) bond motifs is 1. The fourth-order valence-corrected chi connectivity index (χ4v) is 1.69. The summed E-state index contributed by atoms with van der Waals surface area (Å²) in [4.78, 5) is 33.7. The number of hydrogen-bond donors (Lipinski definition) is 3. The van der Waals surface area contributed by atoms with Crippen LogP contribution in [0.4, 0.5) is 5.82 Å². The van der Waals surface area contributed by atoms with Gasteiger partial charge in [0.1, 0.15) is 6.33 Å². The first kappa shape index (κ1) is 13.9. The minimum Gasteiger partial charge on any atom is -0.479 e. The molecule has 0 fully saturated rings. The lowest BCUT2D eigenvalue weighted by Gasteiger charge is -2.07. The lowest BCUT2D eigenvalue weighted by Crippen LogP contribution is -2.21. The number of aryl methyl sites for hydroxylation is 1. The number of carbonyl (C=O) groups is 2. The Balaban J connectivity index is 2.24. The van der Waals surface area contributed by atoms with Crippen LogP contribution in [0.15, 0.2) is 12.7 Å². The monoisotopic (exact) mass is 279 g/mol.